The highest BCUT2D eigenvalue weighted by Gasteiger charge is 2.41. The van der Waals surface area contributed by atoms with Gasteiger partial charge in [-0.3, -0.25) is 4.90 Å². The van der Waals surface area contributed by atoms with Crippen molar-refractivity contribution in [2.24, 2.45) is 11.1 Å². The van der Waals surface area contributed by atoms with Gasteiger partial charge in [0.1, 0.15) is 0 Å². The summed E-state index contributed by atoms with van der Waals surface area (Å²) in [5.41, 5.74) is 8.11. The van der Waals surface area contributed by atoms with E-state index in [9.17, 15) is 0 Å². The van der Waals surface area contributed by atoms with Crippen LogP contribution in [0.4, 0.5) is 0 Å². The first-order chi connectivity index (χ1) is 9.37. The van der Waals surface area contributed by atoms with Crippen molar-refractivity contribution in [1.29, 1.82) is 0 Å². The lowest BCUT2D eigenvalue weighted by molar-refractivity contribution is 0.0223. The minimum Gasteiger partial charge on any atom is -0.329 e. The Balaban J connectivity index is 2.12. The van der Waals surface area contributed by atoms with Crippen LogP contribution in [0.5, 0.6) is 0 Å². The molecule has 2 nitrogen and oxygen atoms in total. The van der Waals surface area contributed by atoms with Crippen molar-refractivity contribution >= 4 is 15.9 Å². The molecular weight excluding hydrogens is 312 g/mol. The molecule has 0 aromatic heterocycles. The molecule has 1 aromatic rings. The quantitative estimate of drug-likeness (QED) is 0.892. The maximum Gasteiger partial charge on any atom is 0.0337 e. The molecule has 1 aromatic carbocycles. The summed E-state index contributed by atoms with van der Waals surface area (Å²) < 4.78 is 1.14. The summed E-state index contributed by atoms with van der Waals surface area (Å²) in [5.74, 6) is 0. The molecule has 1 fully saturated rings. The van der Waals surface area contributed by atoms with E-state index in [-0.39, 0.29) is 5.54 Å². The van der Waals surface area contributed by atoms with Crippen molar-refractivity contribution in [3.8, 4) is 0 Å². The summed E-state index contributed by atoms with van der Waals surface area (Å²) in [7, 11) is 2.23. The maximum atomic E-state index is 6.19. The van der Waals surface area contributed by atoms with E-state index in [1.165, 1.54) is 31.2 Å². The van der Waals surface area contributed by atoms with E-state index in [4.69, 9.17) is 5.73 Å². The van der Waals surface area contributed by atoms with Crippen LogP contribution < -0.4 is 5.73 Å². The Morgan fingerprint density at radius 2 is 1.85 bits per heavy atom. The van der Waals surface area contributed by atoms with Gasteiger partial charge in [-0.2, -0.15) is 0 Å². The topological polar surface area (TPSA) is 29.3 Å². The van der Waals surface area contributed by atoms with Crippen LogP contribution in [0.1, 0.15) is 45.1 Å². The third-order valence-corrected chi connectivity index (χ3v) is 5.35. The Hall–Kier alpha value is -0.380. The second-order valence-corrected chi connectivity index (χ2v) is 8.02. The predicted octanol–water partition coefficient (Wildman–Crippen LogP) is 4.18. The fraction of sp³-hybridized carbons (Fsp3) is 0.647. The smallest absolute Gasteiger partial charge is 0.0337 e. The van der Waals surface area contributed by atoms with Gasteiger partial charge in [0, 0.05) is 23.1 Å². The average Bonchev–Trinajstić information content (AvgIpc) is 2.40. The Morgan fingerprint density at radius 3 is 2.40 bits per heavy atom. The van der Waals surface area contributed by atoms with Crippen molar-refractivity contribution in [3.05, 3.63) is 34.3 Å². The van der Waals surface area contributed by atoms with Crippen LogP contribution in [0.3, 0.4) is 0 Å². The van der Waals surface area contributed by atoms with Gasteiger partial charge < -0.3 is 5.73 Å². The lowest BCUT2D eigenvalue weighted by Gasteiger charge is -2.49. The van der Waals surface area contributed by atoms with Crippen molar-refractivity contribution in [3.63, 3.8) is 0 Å². The Morgan fingerprint density at radius 1 is 1.20 bits per heavy atom. The fourth-order valence-electron chi connectivity index (χ4n) is 3.65. The Kier molecular flexibility index (Phi) is 4.93. The molecule has 0 amide bonds. The van der Waals surface area contributed by atoms with E-state index in [0.29, 0.717) is 5.41 Å². The summed E-state index contributed by atoms with van der Waals surface area (Å²) in [6, 6.07) is 8.61. The Labute approximate surface area is 131 Å². The minimum absolute atomic E-state index is 0.162. The molecule has 20 heavy (non-hydrogen) atoms. The molecule has 2 N–H and O–H groups in total. The molecule has 0 saturated heterocycles. The van der Waals surface area contributed by atoms with E-state index < -0.39 is 0 Å². The van der Waals surface area contributed by atoms with E-state index in [1.807, 2.05) is 0 Å². The molecule has 2 rings (SSSR count). The highest BCUT2D eigenvalue weighted by molar-refractivity contribution is 9.10. The monoisotopic (exact) mass is 338 g/mol. The van der Waals surface area contributed by atoms with Gasteiger partial charge in [-0.1, -0.05) is 48.3 Å². The molecule has 3 heteroatoms. The largest absolute Gasteiger partial charge is 0.329 e. The third-order valence-electron chi connectivity index (χ3n) is 4.83. The number of hydrogen-bond donors (Lipinski definition) is 1. The predicted molar refractivity (Wildman–Crippen MR) is 89.6 cm³/mol. The number of rotatable bonds is 4. The van der Waals surface area contributed by atoms with E-state index in [0.717, 1.165) is 17.6 Å². The van der Waals surface area contributed by atoms with E-state index in [2.05, 4.69) is 66.0 Å². The van der Waals surface area contributed by atoms with Gasteiger partial charge in [0.2, 0.25) is 0 Å². The first kappa shape index (κ1) is 16.0. The van der Waals surface area contributed by atoms with Crippen molar-refractivity contribution in [2.45, 2.75) is 51.6 Å². The number of nitrogens with two attached hydrogens (primary N) is 1. The molecule has 112 valence electrons. The van der Waals surface area contributed by atoms with E-state index in [1.54, 1.807) is 0 Å². The zero-order valence-electron chi connectivity index (χ0n) is 13.0. The molecular formula is C17H27BrN2. The normalized spacial score (nSPS) is 25.9. The number of nitrogens with zero attached hydrogens (tertiary/aromatic N) is 1. The number of likely N-dealkylation sites (N-methyl/N-ethyl adjacent to an activating group) is 1. The molecule has 0 spiro atoms. The van der Waals surface area contributed by atoms with Crippen LogP contribution in [-0.2, 0) is 6.54 Å². The molecule has 0 radical (unpaired) electrons. The second kappa shape index (κ2) is 6.17. The SMILES string of the molecule is CN(Cc1ccc(Br)cc1)C1(CN)CCCC(C)(C)C1. The van der Waals surface area contributed by atoms with Gasteiger partial charge >= 0.3 is 0 Å². The number of hydrogen-bond acceptors (Lipinski definition) is 2. The minimum atomic E-state index is 0.162. The van der Waals surface area contributed by atoms with Gasteiger partial charge in [-0.15, -0.1) is 0 Å². The van der Waals surface area contributed by atoms with Gasteiger partial charge in [0.15, 0.2) is 0 Å². The van der Waals surface area contributed by atoms with Gasteiger partial charge in [-0.05, 0) is 49.4 Å². The van der Waals surface area contributed by atoms with Gasteiger partial charge in [0.05, 0.1) is 0 Å². The summed E-state index contributed by atoms with van der Waals surface area (Å²) in [6.45, 7) is 6.48. The number of benzene rings is 1. The first-order valence-corrected chi connectivity index (χ1v) is 8.32. The fourth-order valence-corrected chi connectivity index (χ4v) is 3.92. The zero-order valence-corrected chi connectivity index (χ0v) is 14.5. The van der Waals surface area contributed by atoms with Crippen LogP contribution >= 0.6 is 15.9 Å². The summed E-state index contributed by atoms with van der Waals surface area (Å²) in [5, 5.41) is 0. The molecule has 1 aliphatic carbocycles. The molecule has 0 aliphatic heterocycles. The van der Waals surface area contributed by atoms with Crippen LogP contribution in [0.25, 0.3) is 0 Å². The van der Waals surface area contributed by atoms with Crippen molar-refractivity contribution in [1.82, 2.24) is 4.90 Å². The summed E-state index contributed by atoms with van der Waals surface area (Å²) in [6.07, 6.45) is 5.03. The van der Waals surface area contributed by atoms with Crippen molar-refractivity contribution in [2.75, 3.05) is 13.6 Å². The highest BCUT2D eigenvalue weighted by Crippen LogP contribution is 2.43. The van der Waals surface area contributed by atoms with Crippen LogP contribution in [0.2, 0.25) is 0 Å². The molecule has 1 atom stereocenters. The van der Waals surface area contributed by atoms with Gasteiger partial charge in [0.25, 0.3) is 0 Å². The van der Waals surface area contributed by atoms with Crippen LogP contribution in [-0.4, -0.2) is 24.0 Å². The molecule has 0 heterocycles. The number of halogens is 1. The molecule has 1 saturated carbocycles. The second-order valence-electron chi connectivity index (χ2n) is 7.11. The zero-order chi connectivity index (χ0) is 14.8. The summed E-state index contributed by atoms with van der Waals surface area (Å²) >= 11 is 3.49. The lowest BCUT2D eigenvalue weighted by atomic mass is 9.67. The van der Waals surface area contributed by atoms with Crippen molar-refractivity contribution < 1.29 is 0 Å². The summed E-state index contributed by atoms with van der Waals surface area (Å²) in [4.78, 5) is 2.48. The van der Waals surface area contributed by atoms with Crippen LogP contribution in [0.15, 0.2) is 28.7 Å². The lowest BCUT2D eigenvalue weighted by Crippen LogP contribution is -2.55. The maximum absolute atomic E-state index is 6.19. The third kappa shape index (κ3) is 3.63. The molecule has 1 aliphatic rings. The highest BCUT2D eigenvalue weighted by atomic mass is 79.9. The molecule has 1 unspecified atom stereocenters. The molecule has 0 bridgehead atoms. The van der Waals surface area contributed by atoms with E-state index >= 15 is 0 Å². The van der Waals surface area contributed by atoms with Crippen LogP contribution in [0, 0.1) is 5.41 Å². The average molecular weight is 339 g/mol. The van der Waals surface area contributed by atoms with Gasteiger partial charge in [-0.25, -0.2) is 0 Å². The first-order valence-electron chi connectivity index (χ1n) is 7.53. The Bertz CT molecular complexity index is 441. The standard InChI is InChI=1S/C17H27BrN2/c1-16(2)9-4-10-17(12-16,13-19)20(3)11-14-5-7-15(18)8-6-14/h5-8H,4,9-13,19H2,1-3H3.